The van der Waals surface area contributed by atoms with Crippen molar-refractivity contribution in [2.75, 3.05) is 0 Å². The summed E-state index contributed by atoms with van der Waals surface area (Å²) in [4.78, 5) is 0.611. The van der Waals surface area contributed by atoms with E-state index in [9.17, 15) is 4.21 Å². The molecule has 1 rings (SSSR count). The molecule has 0 aliphatic heterocycles. The van der Waals surface area contributed by atoms with Crippen LogP contribution >= 0.6 is 10.7 Å². The first-order valence-electron chi connectivity index (χ1n) is 6.00. The summed E-state index contributed by atoms with van der Waals surface area (Å²) in [7, 11) is 1.37. The smallest absolute Gasteiger partial charge is 0.194 e. The van der Waals surface area contributed by atoms with Crippen LogP contribution in [0.4, 0.5) is 0 Å². The highest BCUT2D eigenvalue weighted by Crippen LogP contribution is 2.38. The molecule has 2 nitrogen and oxygen atoms in total. The Morgan fingerprint density at radius 1 is 1.17 bits per heavy atom. The lowest BCUT2D eigenvalue weighted by molar-refractivity contribution is 0.683. The number of nitrogens with zero attached hydrogens (tertiary/aromatic N) is 1. The zero-order chi connectivity index (χ0) is 14.2. The fourth-order valence-corrected chi connectivity index (χ4v) is 7.39. The van der Waals surface area contributed by atoms with E-state index in [0.29, 0.717) is 4.90 Å². The van der Waals surface area contributed by atoms with Crippen LogP contribution in [0.25, 0.3) is 0 Å². The molecule has 0 heterocycles. The maximum atomic E-state index is 12.6. The maximum absolute atomic E-state index is 12.6. The zero-order valence-electron chi connectivity index (χ0n) is 12.0. The molecule has 1 aromatic carbocycles. The van der Waals surface area contributed by atoms with Crippen molar-refractivity contribution in [3.63, 3.8) is 0 Å². The minimum Gasteiger partial charge on any atom is -0.261 e. The van der Waals surface area contributed by atoms with E-state index in [-0.39, 0.29) is 5.04 Å². The Labute approximate surface area is 117 Å². The van der Waals surface area contributed by atoms with Crippen LogP contribution in [0.5, 0.6) is 0 Å². The molecule has 0 aromatic heterocycles. The number of benzene rings is 1. The van der Waals surface area contributed by atoms with Gasteiger partial charge in [-0.25, -0.2) is 4.21 Å². The predicted molar refractivity (Wildman–Crippen MR) is 83.1 cm³/mol. The van der Waals surface area contributed by atoms with Crippen molar-refractivity contribution in [2.45, 2.75) is 50.7 Å². The number of halogens is 1. The van der Waals surface area contributed by atoms with Crippen LogP contribution in [0.3, 0.4) is 0 Å². The van der Waals surface area contributed by atoms with Gasteiger partial charge in [-0.3, -0.25) is 4.03 Å². The topological polar surface area (TPSA) is 29.4 Å². The summed E-state index contributed by atoms with van der Waals surface area (Å²) in [6, 6.07) is 7.44. The van der Waals surface area contributed by atoms with Gasteiger partial charge in [-0.1, -0.05) is 38.5 Å². The van der Waals surface area contributed by atoms with Crippen molar-refractivity contribution in [3.05, 3.63) is 29.8 Å². The molecule has 1 unspecified atom stereocenters. The lowest BCUT2D eigenvalue weighted by atomic mass is 10.2. The molecule has 0 bridgehead atoms. The van der Waals surface area contributed by atoms with Gasteiger partial charge >= 0.3 is 0 Å². The number of hydrogen-bond donors (Lipinski definition) is 0. The van der Waals surface area contributed by atoms with E-state index in [1.54, 1.807) is 12.1 Å². The summed E-state index contributed by atoms with van der Waals surface area (Å²) >= 11 is 0. The second kappa shape index (κ2) is 4.98. The summed E-state index contributed by atoms with van der Waals surface area (Å²) < 4.78 is 17.1. The molecule has 0 N–H and O–H groups in total. The molecule has 1 atom stereocenters. The minimum absolute atomic E-state index is 0.0370. The van der Waals surface area contributed by atoms with E-state index < -0.39 is 17.2 Å². The van der Waals surface area contributed by atoms with Gasteiger partial charge in [-0.2, -0.15) is 0 Å². The first-order valence-corrected chi connectivity index (χ1v) is 11.3. The van der Waals surface area contributed by atoms with Crippen LogP contribution in [-0.4, -0.2) is 12.4 Å². The molecule has 0 saturated heterocycles. The van der Waals surface area contributed by atoms with Crippen LogP contribution in [0.1, 0.15) is 26.3 Å². The molecule has 0 spiro atoms. The van der Waals surface area contributed by atoms with E-state index in [1.807, 2.05) is 19.1 Å². The quantitative estimate of drug-likeness (QED) is 0.559. The summed E-state index contributed by atoms with van der Waals surface area (Å²) in [5.74, 6) is 0. The van der Waals surface area contributed by atoms with Gasteiger partial charge in [0.25, 0.3) is 0 Å². The highest BCUT2D eigenvalue weighted by Gasteiger charge is 2.37. The van der Waals surface area contributed by atoms with Gasteiger partial charge in [-0.15, -0.1) is 0 Å². The van der Waals surface area contributed by atoms with Crippen LogP contribution in [0.15, 0.2) is 33.2 Å². The summed E-state index contributed by atoms with van der Waals surface area (Å²) in [5.41, 5.74) is 1.12. The average molecular weight is 304 g/mol. The molecular formula is C13H22ClNOSSi. The molecule has 18 heavy (non-hydrogen) atoms. The molecule has 0 aliphatic carbocycles. The van der Waals surface area contributed by atoms with Crippen LogP contribution in [0.2, 0.25) is 18.1 Å². The number of hydrogen-bond acceptors (Lipinski definition) is 2. The predicted octanol–water partition coefficient (Wildman–Crippen LogP) is 4.98. The lowest BCUT2D eigenvalue weighted by Crippen LogP contribution is -2.35. The summed E-state index contributed by atoms with van der Waals surface area (Å²) in [6.07, 6.45) is 0. The third-order valence-electron chi connectivity index (χ3n) is 3.49. The molecular weight excluding hydrogens is 282 g/mol. The van der Waals surface area contributed by atoms with Gasteiger partial charge in [0.1, 0.15) is 0 Å². The van der Waals surface area contributed by atoms with Crippen molar-refractivity contribution < 1.29 is 4.21 Å². The van der Waals surface area contributed by atoms with Crippen molar-refractivity contribution >= 4 is 27.9 Å². The summed E-state index contributed by atoms with van der Waals surface area (Å²) in [6.45, 7) is 12.6. The van der Waals surface area contributed by atoms with Gasteiger partial charge in [0.2, 0.25) is 0 Å². The van der Waals surface area contributed by atoms with Crippen molar-refractivity contribution in [1.29, 1.82) is 0 Å². The Balaban J connectivity index is 3.30. The van der Waals surface area contributed by atoms with E-state index in [0.717, 1.165) is 5.56 Å². The highest BCUT2D eigenvalue weighted by molar-refractivity contribution is 8.16. The molecule has 1 aromatic rings. The molecule has 102 valence electrons. The van der Waals surface area contributed by atoms with E-state index in [1.165, 1.54) is 0 Å². The second-order valence-electron chi connectivity index (χ2n) is 6.17. The molecule has 0 amide bonds. The SMILES string of the molecule is Cc1ccc(S(=O)(Cl)=N[Si](C)(C)C(C)(C)C)cc1. The molecule has 5 heteroatoms. The number of aryl methyl sites for hydroxylation is 1. The van der Waals surface area contributed by atoms with Crippen molar-refractivity contribution in [3.8, 4) is 0 Å². The average Bonchev–Trinajstić information content (AvgIpc) is 2.14. The highest BCUT2D eigenvalue weighted by atomic mass is 35.7. The fourth-order valence-electron chi connectivity index (χ4n) is 1.19. The molecule has 0 aliphatic rings. The fraction of sp³-hybridized carbons (Fsp3) is 0.538. The normalized spacial score (nSPS) is 16.2. The van der Waals surface area contributed by atoms with Crippen LogP contribution < -0.4 is 0 Å². The maximum Gasteiger partial charge on any atom is 0.194 e. The third-order valence-corrected chi connectivity index (χ3v) is 11.9. The van der Waals surface area contributed by atoms with Crippen molar-refractivity contribution in [2.24, 2.45) is 4.03 Å². The monoisotopic (exact) mass is 303 g/mol. The Morgan fingerprint density at radius 3 is 2.00 bits per heavy atom. The van der Waals surface area contributed by atoms with Crippen LogP contribution in [-0.2, 0) is 8.94 Å². The van der Waals surface area contributed by atoms with Crippen molar-refractivity contribution in [1.82, 2.24) is 0 Å². The zero-order valence-corrected chi connectivity index (χ0v) is 14.5. The van der Waals surface area contributed by atoms with Gasteiger partial charge in [0.15, 0.2) is 17.2 Å². The summed E-state index contributed by atoms with van der Waals surface area (Å²) in [5, 5.41) is 0.0370. The van der Waals surface area contributed by atoms with Crippen LogP contribution in [0, 0.1) is 6.92 Å². The number of rotatable bonds is 2. The Bertz CT molecular complexity index is 537. The molecule has 0 saturated carbocycles. The Morgan fingerprint density at radius 2 is 1.61 bits per heavy atom. The largest absolute Gasteiger partial charge is 0.261 e. The Hall–Kier alpha value is -0.323. The minimum atomic E-state index is -2.81. The second-order valence-corrected chi connectivity index (χ2v) is 14.2. The lowest BCUT2D eigenvalue weighted by Gasteiger charge is -2.32. The van der Waals surface area contributed by atoms with E-state index in [2.05, 4.69) is 37.9 Å². The van der Waals surface area contributed by atoms with Gasteiger partial charge in [0, 0.05) is 10.7 Å². The third kappa shape index (κ3) is 3.59. The van der Waals surface area contributed by atoms with Gasteiger partial charge in [0.05, 0.1) is 4.90 Å². The first-order chi connectivity index (χ1) is 7.96. The molecule has 0 radical (unpaired) electrons. The first kappa shape index (κ1) is 15.7. The van der Waals surface area contributed by atoms with E-state index in [4.69, 9.17) is 10.7 Å². The standard InChI is InChI=1S/C13H22ClNOSSi/c1-11-7-9-12(10-8-11)17(14,16)15-18(5,6)13(2,3)4/h7-10H,1-6H3. The molecule has 0 fully saturated rings. The Kier molecular flexibility index (Phi) is 4.36. The van der Waals surface area contributed by atoms with Gasteiger partial charge < -0.3 is 0 Å². The van der Waals surface area contributed by atoms with E-state index >= 15 is 0 Å². The van der Waals surface area contributed by atoms with Gasteiger partial charge in [-0.05, 0) is 37.2 Å².